The Morgan fingerprint density at radius 1 is 1.11 bits per heavy atom. The summed E-state index contributed by atoms with van der Waals surface area (Å²) in [5.41, 5.74) is 3.26. The molecule has 1 aliphatic carbocycles. The van der Waals surface area contributed by atoms with Gasteiger partial charge < -0.3 is 9.64 Å². The van der Waals surface area contributed by atoms with Crippen LogP contribution in [-0.2, 0) is 10.0 Å². The average molecular weight is 509 g/mol. The summed E-state index contributed by atoms with van der Waals surface area (Å²) in [6.07, 6.45) is 5.96. The lowest BCUT2D eigenvalue weighted by Gasteiger charge is -2.15. The van der Waals surface area contributed by atoms with E-state index in [2.05, 4.69) is 9.82 Å². The number of hydrogen-bond donors (Lipinski definition) is 1. The second-order valence-corrected chi connectivity index (χ2v) is 10.9. The Morgan fingerprint density at radius 2 is 1.91 bits per heavy atom. The normalized spacial score (nSPS) is 15.2. The molecule has 0 atom stereocenters. The van der Waals surface area contributed by atoms with Gasteiger partial charge in [-0.15, -0.1) is 0 Å². The number of benzene rings is 3. The van der Waals surface area contributed by atoms with Crippen LogP contribution in [0.2, 0.25) is 5.02 Å². The van der Waals surface area contributed by atoms with Gasteiger partial charge in [0.05, 0.1) is 36.3 Å². The van der Waals surface area contributed by atoms with E-state index in [1.54, 1.807) is 36.3 Å². The highest BCUT2D eigenvalue weighted by atomic mass is 35.5. The fourth-order valence-electron chi connectivity index (χ4n) is 4.55. The van der Waals surface area contributed by atoms with E-state index >= 15 is 0 Å². The van der Waals surface area contributed by atoms with Crippen LogP contribution in [0.4, 0.5) is 11.4 Å². The van der Waals surface area contributed by atoms with E-state index in [-0.39, 0.29) is 21.6 Å². The summed E-state index contributed by atoms with van der Waals surface area (Å²) in [5.74, 6) is 0.0360. The number of anilines is 2. The third-order valence-corrected chi connectivity index (χ3v) is 8.13. The molecule has 2 aliphatic rings. The van der Waals surface area contributed by atoms with Crippen molar-refractivity contribution >= 4 is 49.7 Å². The molecule has 0 saturated heterocycles. The fraction of sp³-hybridized carbons (Fsp3) is 0.200. The van der Waals surface area contributed by atoms with Gasteiger partial charge in [0.25, 0.3) is 15.9 Å². The molecule has 1 saturated carbocycles. The van der Waals surface area contributed by atoms with E-state index in [9.17, 15) is 13.2 Å². The predicted octanol–water partition coefficient (Wildman–Crippen LogP) is 5.09. The molecule has 178 valence electrons. The van der Waals surface area contributed by atoms with E-state index in [0.29, 0.717) is 28.1 Å². The van der Waals surface area contributed by atoms with Crippen LogP contribution in [0, 0.1) is 0 Å². The van der Waals surface area contributed by atoms with Crippen molar-refractivity contribution in [3.05, 3.63) is 65.4 Å². The lowest BCUT2D eigenvalue weighted by Crippen LogP contribution is -2.20. The van der Waals surface area contributed by atoms with Crippen molar-refractivity contribution in [3.8, 4) is 16.9 Å². The number of carbonyl (C=O) groups excluding carboxylic acids is 1. The summed E-state index contributed by atoms with van der Waals surface area (Å²) >= 11 is 6.08. The first kappa shape index (κ1) is 21.9. The Morgan fingerprint density at radius 3 is 2.66 bits per heavy atom. The summed E-state index contributed by atoms with van der Waals surface area (Å²) in [5, 5.41) is 6.07. The van der Waals surface area contributed by atoms with Crippen LogP contribution in [0.25, 0.3) is 21.9 Å². The van der Waals surface area contributed by atoms with Gasteiger partial charge in [0.1, 0.15) is 10.6 Å². The van der Waals surface area contributed by atoms with Crippen molar-refractivity contribution < 1.29 is 17.9 Å². The number of halogens is 1. The van der Waals surface area contributed by atoms with Gasteiger partial charge in [-0.3, -0.25) is 14.2 Å². The van der Waals surface area contributed by atoms with Crippen molar-refractivity contribution in [2.45, 2.75) is 23.8 Å². The second kappa shape index (κ2) is 7.73. The number of aromatic nitrogens is 2. The van der Waals surface area contributed by atoms with Gasteiger partial charge in [0.2, 0.25) is 0 Å². The van der Waals surface area contributed by atoms with Gasteiger partial charge >= 0.3 is 0 Å². The highest BCUT2D eigenvalue weighted by Crippen LogP contribution is 2.43. The van der Waals surface area contributed by atoms with Gasteiger partial charge in [-0.1, -0.05) is 11.6 Å². The Bertz CT molecular complexity index is 1640. The van der Waals surface area contributed by atoms with Gasteiger partial charge in [-0.05, 0) is 60.9 Å². The molecule has 4 aromatic rings. The van der Waals surface area contributed by atoms with Crippen molar-refractivity contribution in [1.82, 2.24) is 9.78 Å². The summed E-state index contributed by atoms with van der Waals surface area (Å²) in [7, 11) is -0.943. The maximum Gasteiger partial charge on any atom is 0.265 e. The van der Waals surface area contributed by atoms with Crippen LogP contribution in [-0.4, -0.2) is 38.3 Å². The lowest BCUT2D eigenvalue weighted by atomic mass is 9.98. The number of carbonyl (C=O) groups is 1. The molecule has 8 nitrogen and oxygen atoms in total. The highest BCUT2D eigenvalue weighted by Gasteiger charge is 2.31. The molecule has 0 unspecified atom stereocenters. The van der Waals surface area contributed by atoms with E-state index in [1.165, 1.54) is 19.2 Å². The van der Waals surface area contributed by atoms with Crippen LogP contribution >= 0.6 is 11.6 Å². The second-order valence-electron chi connectivity index (χ2n) is 8.78. The van der Waals surface area contributed by atoms with Crippen LogP contribution in [0.3, 0.4) is 0 Å². The minimum Gasteiger partial charge on any atom is -0.495 e. The van der Waals surface area contributed by atoms with Gasteiger partial charge in [0.15, 0.2) is 0 Å². The summed E-state index contributed by atoms with van der Waals surface area (Å²) in [6.45, 7) is 0. The molecular formula is C25H21ClN4O4S. The van der Waals surface area contributed by atoms with Gasteiger partial charge in [0, 0.05) is 34.6 Å². The minimum absolute atomic E-state index is 0.0742. The first-order valence-electron chi connectivity index (χ1n) is 11.1. The topological polar surface area (TPSA) is 93.5 Å². The van der Waals surface area contributed by atoms with Crippen molar-refractivity contribution in [2.24, 2.45) is 0 Å². The molecule has 1 fully saturated rings. The molecule has 35 heavy (non-hydrogen) atoms. The monoisotopic (exact) mass is 508 g/mol. The minimum atomic E-state index is -4.05. The molecule has 0 spiro atoms. The third-order valence-electron chi connectivity index (χ3n) is 6.50. The number of nitrogens with one attached hydrogen (secondary N) is 1. The first-order chi connectivity index (χ1) is 16.8. The van der Waals surface area contributed by atoms with E-state index in [4.69, 9.17) is 16.3 Å². The predicted molar refractivity (Wildman–Crippen MR) is 135 cm³/mol. The SMILES string of the molecule is COc1ccc(Cl)cc1S(=O)(=O)Nc1ccc2c3c(cc(-c4cnn(C5CC5)c4)cc13)C(=O)N2C. The Labute approximate surface area is 207 Å². The number of rotatable bonds is 6. The molecule has 1 N–H and O–H groups in total. The number of nitrogens with zero attached hydrogens (tertiary/aromatic N) is 3. The van der Waals surface area contributed by atoms with Crippen molar-refractivity contribution in [2.75, 3.05) is 23.8 Å². The zero-order valence-corrected chi connectivity index (χ0v) is 20.5. The van der Waals surface area contributed by atoms with Crippen molar-refractivity contribution in [1.29, 1.82) is 0 Å². The van der Waals surface area contributed by atoms with Crippen molar-refractivity contribution in [3.63, 3.8) is 0 Å². The molecule has 10 heteroatoms. The number of ether oxygens (including phenoxy) is 1. The summed E-state index contributed by atoms with van der Waals surface area (Å²) in [6, 6.07) is 12.0. The smallest absolute Gasteiger partial charge is 0.265 e. The van der Waals surface area contributed by atoms with Gasteiger partial charge in [-0.25, -0.2) is 8.42 Å². The van der Waals surface area contributed by atoms with Crippen LogP contribution < -0.4 is 14.4 Å². The molecule has 1 amide bonds. The number of amides is 1. The van der Waals surface area contributed by atoms with E-state index in [1.807, 2.05) is 23.0 Å². The number of methoxy groups -OCH3 is 1. The maximum absolute atomic E-state index is 13.4. The standard InChI is InChI=1S/C25H21ClN4O4S/c1-29-21-7-6-20(28-35(32,33)23-11-16(26)3-8-22(23)34-2)18-9-14(10-19(24(18)21)25(29)31)15-12-27-30(13-15)17-4-5-17/h3,6-13,17,28H,4-5H2,1-2H3. The fourth-order valence-corrected chi connectivity index (χ4v) is 6.06. The molecule has 0 radical (unpaired) electrons. The number of hydrogen-bond acceptors (Lipinski definition) is 5. The average Bonchev–Trinajstić information content (AvgIpc) is 3.52. The zero-order chi connectivity index (χ0) is 24.5. The summed E-state index contributed by atoms with van der Waals surface area (Å²) in [4.78, 5) is 14.6. The van der Waals surface area contributed by atoms with Crippen LogP contribution in [0.15, 0.2) is 59.8 Å². The zero-order valence-electron chi connectivity index (χ0n) is 18.9. The van der Waals surface area contributed by atoms with Crippen LogP contribution in [0.5, 0.6) is 5.75 Å². The molecule has 1 aromatic heterocycles. The van der Waals surface area contributed by atoms with E-state index in [0.717, 1.165) is 29.7 Å². The summed E-state index contributed by atoms with van der Waals surface area (Å²) < 4.78 is 36.7. The van der Waals surface area contributed by atoms with Gasteiger partial charge in [-0.2, -0.15) is 5.10 Å². The highest BCUT2D eigenvalue weighted by molar-refractivity contribution is 7.92. The molecule has 6 rings (SSSR count). The molecule has 3 aromatic carbocycles. The third kappa shape index (κ3) is 3.54. The molecule has 0 bridgehead atoms. The number of sulfonamides is 1. The first-order valence-corrected chi connectivity index (χ1v) is 12.9. The molecular weight excluding hydrogens is 488 g/mol. The quantitative estimate of drug-likeness (QED) is 0.391. The molecule has 2 heterocycles. The van der Waals surface area contributed by atoms with E-state index < -0.39 is 10.0 Å². The Balaban J connectivity index is 1.52. The Kier molecular flexibility index (Phi) is 4.84. The Hall–Kier alpha value is -3.56. The largest absolute Gasteiger partial charge is 0.495 e. The lowest BCUT2D eigenvalue weighted by molar-refractivity contribution is 0.0999. The molecule has 1 aliphatic heterocycles. The van der Waals surface area contributed by atoms with Crippen LogP contribution in [0.1, 0.15) is 29.2 Å². The maximum atomic E-state index is 13.4.